The van der Waals surface area contributed by atoms with Crippen molar-refractivity contribution in [2.45, 2.75) is 45.8 Å². The van der Waals surface area contributed by atoms with Gasteiger partial charge in [-0.2, -0.15) is 0 Å². The van der Waals surface area contributed by atoms with Gasteiger partial charge in [-0.15, -0.1) is 0 Å². The number of aliphatic hydroxyl groups excluding tert-OH is 1. The number of nitrogens with zero attached hydrogens (tertiary/aromatic N) is 2. The molecule has 1 saturated heterocycles. The van der Waals surface area contributed by atoms with Crippen molar-refractivity contribution in [2.75, 3.05) is 26.2 Å². The quantitative estimate of drug-likeness (QED) is 0.729. The Bertz CT molecular complexity index is 171. The maximum atomic E-state index is 9.34. The van der Waals surface area contributed by atoms with Gasteiger partial charge in [-0.3, -0.25) is 9.80 Å². The molecular formula is C11H24N2O. The maximum Gasteiger partial charge on any atom is 0.0599 e. The Hall–Kier alpha value is -0.120. The summed E-state index contributed by atoms with van der Waals surface area (Å²) >= 11 is 0. The van der Waals surface area contributed by atoms with Crippen LogP contribution in [0.4, 0.5) is 0 Å². The van der Waals surface area contributed by atoms with Gasteiger partial charge in [-0.25, -0.2) is 0 Å². The standard InChI is InChI=1S/C11H24N2O/c1-9(2)12-5-6-13(10(3)4)11(7-12)8-14/h9-11,14H,5-8H2,1-4H3. The zero-order valence-corrected chi connectivity index (χ0v) is 9.90. The zero-order valence-electron chi connectivity index (χ0n) is 9.90. The highest BCUT2D eigenvalue weighted by Crippen LogP contribution is 2.14. The van der Waals surface area contributed by atoms with Crippen molar-refractivity contribution in [2.24, 2.45) is 0 Å². The molecule has 0 spiro atoms. The smallest absolute Gasteiger partial charge is 0.0599 e. The number of piperazine rings is 1. The Kier molecular flexibility index (Phi) is 4.35. The van der Waals surface area contributed by atoms with Crippen LogP contribution in [0.25, 0.3) is 0 Å². The van der Waals surface area contributed by atoms with Gasteiger partial charge in [0.2, 0.25) is 0 Å². The molecule has 0 amide bonds. The van der Waals surface area contributed by atoms with Crippen molar-refractivity contribution in [1.29, 1.82) is 0 Å². The second-order valence-corrected chi connectivity index (χ2v) is 4.76. The van der Waals surface area contributed by atoms with Crippen LogP contribution in [-0.4, -0.2) is 59.3 Å². The van der Waals surface area contributed by atoms with Crippen LogP contribution in [0.5, 0.6) is 0 Å². The van der Waals surface area contributed by atoms with Crippen molar-refractivity contribution < 1.29 is 5.11 Å². The predicted molar refractivity (Wildman–Crippen MR) is 59.4 cm³/mol. The second kappa shape index (κ2) is 5.10. The average molecular weight is 200 g/mol. The van der Waals surface area contributed by atoms with Gasteiger partial charge in [0, 0.05) is 37.8 Å². The molecule has 1 rings (SSSR count). The highest BCUT2D eigenvalue weighted by atomic mass is 16.3. The topological polar surface area (TPSA) is 26.7 Å². The van der Waals surface area contributed by atoms with E-state index in [0.29, 0.717) is 18.1 Å². The van der Waals surface area contributed by atoms with Gasteiger partial charge in [0.1, 0.15) is 0 Å². The van der Waals surface area contributed by atoms with Gasteiger partial charge in [0.05, 0.1) is 6.61 Å². The van der Waals surface area contributed by atoms with E-state index in [0.717, 1.165) is 19.6 Å². The van der Waals surface area contributed by atoms with Crippen LogP contribution < -0.4 is 0 Å². The van der Waals surface area contributed by atoms with E-state index < -0.39 is 0 Å². The average Bonchev–Trinajstić information content (AvgIpc) is 2.16. The minimum absolute atomic E-state index is 0.279. The summed E-state index contributed by atoms with van der Waals surface area (Å²) in [5.74, 6) is 0. The fraction of sp³-hybridized carbons (Fsp3) is 1.00. The Morgan fingerprint density at radius 1 is 1.14 bits per heavy atom. The number of hydrogen-bond donors (Lipinski definition) is 1. The molecule has 0 aromatic carbocycles. The molecule has 1 fully saturated rings. The molecule has 1 aliphatic rings. The minimum Gasteiger partial charge on any atom is -0.395 e. The predicted octanol–water partition coefficient (Wildman–Crippen LogP) is 0.782. The molecule has 14 heavy (non-hydrogen) atoms. The molecular weight excluding hydrogens is 176 g/mol. The lowest BCUT2D eigenvalue weighted by atomic mass is 10.1. The lowest BCUT2D eigenvalue weighted by Crippen LogP contribution is -2.58. The molecule has 0 saturated carbocycles. The minimum atomic E-state index is 0.279. The molecule has 3 heteroatoms. The van der Waals surface area contributed by atoms with E-state index in [4.69, 9.17) is 0 Å². The van der Waals surface area contributed by atoms with Crippen LogP contribution in [0.3, 0.4) is 0 Å². The summed E-state index contributed by atoms with van der Waals surface area (Å²) in [7, 11) is 0. The summed E-state index contributed by atoms with van der Waals surface area (Å²) in [6.07, 6.45) is 0. The van der Waals surface area contributed by atoms with Gasteiger partial charge in [0.15, 0.2) is 0 Å². The van der Waals surface area contributed by atoms with Crippen LogP contribution >= 0.6 is 0 Å². The fourth-order valence-corrected chi connectivity index (χ4v) is 2.20. The summed E-state index contributed by atoms with van der Waals surface area (Å²) in [5, 5.41) is 9.34. The Balaban J connectivity index is 2.54. The van der Waals surface area contributed by atoms with Crippen molar-refractivity contribution in [3.05, 3.63) is 0 Å². The fourth-order valence-electron chi connectivity index (χ4n) is 2.20. The van der Waals surface area contributed by atoms with Gasteiger partial charge in [-0.05, 0) is 27.7 Å². The van der Waals surface area contributed by atoms with Crippen LogP contribution in [0.1, 0.15) is 27.7 Å². The SMILES string of the molecule is CC(C)N1CCN(C(C)C)C(CO)C1. The van der Waals surface area contributed by atoms with E-state index in [2.05, 4.69) is 37.5 Å². The molecule has 3 nitrogen and oxygen atoms in total. The van der Waals surface area contributed by atoms with Gasteiger partial charge < -0.3 is 5.11 Å². The van der Waals surface area contributed by atoms with Crippen LogP contribution in [0.2, 0.25) is 0 Å². The maximum absolute atomic E-state index is 9.34. The summed E-state index contributed by atoms with van der Waals surface area (Å²) in [5.41, 5.74) is 0. The molecule has 0 aromatic rings. The van der Waals surface area contributed by atoms with Crippen LogP contribution in [0.15, 0.2) is 0 Å². The van der Waals surface area contributed by atoms with Crippen molar-refractivity contribution >= 4 is 0 Å². The first kappa shape index (κ1) is 12.0. The third-order valence-electron chi connectivity index (χ3n) is 3.16. The highest BCUT2D eigenvalue weighted by Gasteiger charge is 2.28. The number of hydrogen-bond acceptors (Lipinski definition) is 3. The summed E-state index contributed by atoms with van der Waals surface area (Å²) in [6.45, 7) is 12.3. The Morgan fingerprint density at radius 3 is 2.21 bits per heavy atom. The van der Waals surface area contributed by atoms with E-state index in [1.807, 2.05) is 0 Å². The van der Waals surface area contributed by atoms with Gasteiger partial charge in [-0.1, -0.05) is 0 Å². The number of rotatable bonds is 3. The summed E-state index contributed by atoms with van der Waals surface area (Å²) in [6, 6.07) is 1.46. The van der Waals surface area contributed by atoms with E-state index in [-0.39, 0.29) is 6.61 Å². The second-order valence-electron chi connectivity index (χ2n) is 4.76. The summed E-state index contributed by atoms with van der Waals surface area (Å²) in [4.78, 5) is 4.85. The molecule has 84 valence electrons. The third-order valence-corrected chi connectivity index (χ3v) is 3.16. The zero-order chi connectivity index (χ0) is 10.7. The molecule has 1 atom stereocenters. The lowest BCUT2D eigenvalue weighted by Gasteiger charge is -2.44. The van der Waals surface area contributed by atoms with E-state index in [9.17, 15) is 5.11 Å². The number of aliphatic hydroxyl groups is 1. The van der Waals surface area contributed by atoms with Gasteiger partial charge in [0.25, 0.3) is 0 Å². The first-order valence-electron chi connectivity index (χ1n) is 5.67. The molecule has 1 N–H and O–H groups in total. The molecule has 0 radical (unpaired) electrons. The van der Waals surface area contributed by atoms with Crippen LogP contribution in [0, 0.1) is 0 Å². The first-order valence-corrected chi connectivity index (χ1v) is 5.67. The Morgan fingerprint density at radius 2 is 1.79 bits per heavy atom. The first-order chi connectivity index (χ1) is 6.56. The summed E-state index contributed by atoms with van der Waals surface area (Å²) < 4.78 is 0. The van der Waals surface area contributed by atoms with Crippen molar-refractivity contribution in [1.82, 2.24) is 9.80 Å². The highest BCUT2D eigenvalue weighted by molar-refractivity contribution is 4.84. The third kappa shape index (κ3) is 2.69. The van der Waals surface area contributed by atoms with Crippen molar-refractivity contribution in [3.8, 4) is 0 Å². The monoisotopic (exact) mass is 200 g/mol. The Labute approximate surface area is 87.7 Å². The van der Waals surface area contributed by atoms with E-state index in [1.54, 1.807) is 0 Å². The molecule has 1 heterocycles. The molecule has 0 aromatic heterocycles. The lowest BCUT2D eigenvalue weighted by molar-refractivity contribution is 0.00956. The molecule has 1 unspecified atom stereocenters. The molecule has 1 aliphatic heterocycles. The molecule has 0 bridgehead atoms. The van der Waals surface area contributed by atoms with E-state index in [1.165, 1.54) is 0 Å². The molecule has 0 aliphatic carbocycles. The van der Waals surface area contributed by atoms with Crippen molar-refractivity contribution in [3.63, 3.8) is 0 Å². The van der Waals surface area contributed by atoms with Gasteiger partial charge >= 0.3 is 0 Å². The normalized spacial score (nSPS) is 26.4. The van der Waals surface area contributed by atoms with E-state index >= 15 is 0 Å². The largest absolute Gasteiger partial charge is 0.395 e. The van der Waals surface area contributed by atoms with Crippen LogP contribution in [-0.2, 0) is 0 Å².